The predicted octanol–water partition coefficient (Wildman–Crippen LogP) is 3.47. The molecular formula is C22H21FN4O2. The van der Waals surface area contributed by atoms with Crippen LogP contribution >= 0.6 is 0 Å². The molecule has 1 aromatic heterocycles. The Bertz CT molecular complexity index is 1020. The van der Waals surface area contributed by atoms with Crippen molar-refractivity contribution in [3.8, 4) is 0 Å². The maximum absolute atomic E-state index is 13.7. The van der Waals surface area contributed by atoms with Gasteiger partial charge in [-0.25, -0.2) is 4.39 Å². The molecule has 0 bridgehead atoms. The number of hydrogen-bond donors (Lipinski definition) is 2. The van der Waals surface area contributed by atoms with Crippen molar-refractivity contribution in [2.75, 3.05) is 24.3 Å². The van der Waals surface area contributed by atoms with Crippen molar-refractivity contribution in [1.82, 2.24) is 10.3 Å². The van der Waals surface area contributed by atoms with Crippen LogP contribution in [0.2, 0.25) is 0 Å². The molecule has 0 saturated carbocycles. The first-order valence-electron chi connectivity index (χ1n) is 8.99. The van der Waals surface area contributed by atoms with Crippen LogP contribution in [0.1, 0.15) is 26.3 Å². The number of aromatic nitrogens is 1. The molecule has 0 unspecified atom stereocenters. The zero-order chi connectivity index (χ0) is 20.8. The van der Waals surface area contributed by atoms with Crippen molar-refractivity contribution < 1.29 is 14.0 Å². The molecule has 0 aliphatic carbocycles. The third-order valence-corrected chi connectivity index (χ3v) is 4.30. The number of pyridine rings is 1. The molecule has 0 spiro atoms. The maximum Gasteiger partial charge on any atom is 0.257 e. The lowest BCUT2D eigenvalue weighted by atomic mass is 10.1. The van der Waals surface area contributed by atoms with Gasteiger partial charge >= 0.3 is 0 Å². The Balaban J connectivity index is 1.65. The summed E-state index contributed by atoms with van der Waals surface area (Å²) < 4.78 is 13.7. The second-order valence-electron chi connectivity index (χ2n) is 6.63. The first-order valence-corrected chi connectivity index (χ1v) is 8.99. The number of carbonyl (C=O) groups is 2. The molecule has 0 aliphatic rings. The minimum absolute atomic E-state index is 0.0418. The number of nitrogens with one attached hydrogen (secondary N) is 2. The monoisotopic (exact) mass is 392 g/mol. The molecule has 0 aliphatic heterocycles. The molecule has 2 aromatic carbocycles. The highest BCUT2D eigenvalue weighted by molar-refractivity contribution is 6.05. The molecule has 0 saturated heterocycles. The fourth-order valence-corrected chi connectivity index (χ4v) is 2.65. The van der Waals surface area contributed by atoms with Gasteiger partial charge in [-0.2, -0.15) is 0 Å². The van der Waals surface area contributed by atoms with Crippen molar-refractivity contribution in [2.45, 2.75) is 6.54 Å². The zero-order valence-corrected chi connectivity index (χ0v) is 16.1. The highest BCUT2D eigenvalue weighted by Gasteiger charge is 2.12. The summed E-state index contributed by atoms with van der Waals surface area (Å²) in [4.78, 5) is 30.8. The lowest BCUT2D eigenvalue weighted by molar-refractivity contribution is 0.0950. The molecule has 0 fully saturated rings. The van der Waals surface area contributed by atoms with Gasteiger partial charge in [-0.05, 0) is 36.4 Å². The van der Waals surface area contributed by atoms with E-state index in [0.717, 1.165) is 5.69 Å². The summed E-state index contributed by atoms with van der Waals surface area (Å²) in [6, 6.07) is 15.0. The minimum atomic E-state index is -0.439. The first kappa shape index (κ1) is 20.0. The maximum atomic E-state index is 13.7. The number of rotatable bonds is 6. The number of hydrogen-bond acceptors (Lipinski definition) is 4. The summed E-state index contributed by atoms with van der Waals surface area (Å²) in [5.41, 5.74) is 2.49. The van der Waals surface area contributed by atoms with Crippen LogP contribution in [0.3, 0.4) is 0 Å². The van der Waals surface area contributed by atoms with Crippen LogP contribution in [0.15, 0.2) is 67.0 Å². The number of benzene rings is 2. The van der Waals surface area contributed by atoms with Crippen molar-refractivity contribution in [3.63, 3.8) is 0 Å². The number of anilines is 2. The van der Waals surface area contributed by atoms with Crippen LogP contribution < -0.4 is 15.5 Å². The molecule has 7 heteroatoms. The normalized spacial score (nSPS) is 10.3. The summed E-state index contributed by atoms with van der Waals surface area (Å²) in [5, 5.41) is 5.41. The van der Waals surface area contributed by atoms with E-state index in [1.165, 1.54) is 24.5 Å². The number of carbonyl (C=O) groups excluding carboxylic acids is 2. The third-order valence-electron chi connectivity index (χ3n) is 4.30. The van der Waals surface area contributed by atoms with Gasteiger partial charge in [-0.3, -0.25) is 14.6 Å². The van der Waals surface area contributed by atoms with Gasteiger partial charge in [0.25, 0.3) is 11.8 Å². The largest absolute Gasteiger partial charge is 0.378 e. The van der Waals surface area contributed by atoms with Crippen molar-refractivity contribution in [1.29, 1.82) is 0 Å². The molecule has 3 rings (SSSR count). The Morgan fingerprint density at radius 3 is 2.28 bits per heavy atom. The Morgan fingerprint density at radius 2 is 1.62 bits per heavy atom. The van der Waals surface area contributed by atoms with Crippen LogP contribution in [0, 0.1) is 5.82 Å². The summed E-state index contributed by atoms with van der Waals surface area (Å²) in [5.74, 6) is -1.20. The fourth-order valence-electron chi connectivity index (χ4n) is 2.65. The van der Waals surface area contributed by atoms with Crippen LogP contribution in [0.5, 0.6) is 0 Å². The Morgan fingerprint density at radius 1 is 0.966 bits per heavy atom. The molecule has 29 heavy (non-hydrogen) atoms. The molecule has 148 valence electrons. The van der Waals surface area contributed by atoms with Crippen molar-refractivity contribution in [2.24, 2.45) is 0 Å². The first-order chi connectivity index (χ1) is 13.9. The highest BCUT2D eigenvalue weighted by Crippen LogP contribution is 2.16. The molecule has 3 aromatic rings. The average Bonchev–Trinajstić information content (AvgIpc) is 2.73. The Hall–Kier alpha value is -3.74. The number of amides is 2. The molecule has 2 amide bonds. The number of nitrogens with zero attached hydrogens (tertiary/aromatic N) is 2. The smallest absolute Gasteiger partial charge is 0.257 e. The van der Waals surface area contributed by atoms with E-state index in [9.17, 15) is 14.0 Å². The second-order valence-corrected chi connectivity index (χ2v) is 6.63. The van der Waals surface area contributed by atoms with Gasteiger partial charge in [0, 0.05) is 50.0 Å². The summed E-state index contributed by atoms with van der Waals surface area (Å²) in [6.45, 7) is 0.0418. The fraction of sp³-hybridized carbons (Fsp3) is 0.136. The van der Waals surface area contributed by atoms with E-state index in [1.807, 2.05) is 31.1 Å². The van der Waals surface area contributed by atoms with E-state index in [-0.39, 0.29) is 29.4 Å². The topological polar surface area (TPSA) is 74.3 Å². The summed E-state index contributed by atoms with van der Waals surface area (Å²) in [7, 11) is 3.87. The van der Waals surface area contributed by atoms with Crippen LogP contribution in [0.4, 0.5) is 15.8 Å². The van der Waals surface area contributed by atoms with Gasteiger partial charge in [0.15, 0.2) is 0 Å². The van der Waals surface area contributed by atoms with Gasteiger partial charge in [0.2, 0.25) is 0 Å². The Kier molecular flexibility index (Phi) is 6.19. The van der Waals surface area contributed by atoms with Gasteiger partial charge < -0.3 is 15.5 Å². The predicted molar refractivity (Wildman–Crippen MR) is 111 cm³/mol. The van der Waals surface area contributed by atoms with Gasteiger partial charge in [-0.1, -0.05) is 18.2 Å². The Labute approximate surface area is 168 Å². The van der Waals surface area contributed by atoms with E-state index in [4.69, 9.17) is 0 Å². The van der Waals surface area contributed by atoms with Gasteiger partial charge in [0.05, 0.1) is 11.1 Å². The van der Waals surface area contributed by atoms with E-state index in [2.05, 4.69) is 15.6 Å². The molecule has 6 nitrogen and oxygen atoms in total. The quantitative estimate of drug-likeness (QED) is 0.674. The minimum Gasteiger partial charge on any atom is -0.378 e. The zero-order valence-electron chi connectivity index (χ0n) is 16.1. The van der Waals surface area contributed by atoms with E-state index >= 15 is 0 Å². The molecule has 2 N–H and O–H groups in total. The lowest BCUT2D eigenvalue weighted by Crippen LogP contribution is -2.24. The lowest BCUT2D eigenvalue weighted by Gasteiger charge is -2.13. The SMILES string of the molecule is CN(C)c1ccc(NC(=O)c2cncc(C(=O)NCc3ccccc3F)c2)cc1. The van der Waals surface area contributed by atoms with E-state index in [0.29, 0.717) is 11.3 Å². The van der Waals surface area contributed by atoms with Gasteiger partial charge in [-0.15, -0.1) is 0 Å². The van der Waals surface area contributed by atoms with Crippen LogP contribution in [-0.2, 0) is 6.54 Å². The van der Waals surface area contributed by atoms with E-state index < -0.39 is 5.91 Å². The molecule has 1 heterocycles. The third kappa shape index (κ3) is 5.16. The standard InChI is InChI=1S/C22H21FN4O2/c1-27(2)19-9-7-18(8-10-19)26-22(29)17-11-16(12-24-13-17)21(28)25-14-15-5-3-4-6-20(15)23/h3-13H,14H2,1-2H3,(H,25,28)(H,26,29). The summed E-state index contributed by atoms with van der Waals surface area (Å²) >= 11 is 0. The molecule has 0 atom stereocenters. The van der Waals surface area contributed by atoms with Crippen molar-refractivity contribution >= 4 is 23.2 Å². The average molecular weight is 392 g/mol. The second kappa shape index (κ2) is 8.97. The molecule has 0 radical (unpaired) electrons. The van der Waals surface area contributed by atoms with Crippen LogP contribution in [-0.4, -0.2) is 30.9 Å². The number of halogens is 1. The van der Waals surface area contributed by atoms with Crippen LogP contribution in [0.25, 0.3) is 0 Å². The summed E-state index contributed by atoms with van der Waals surface area (Å²) in [6.07, 6.45) is 2.75. The highest BCUT2D eigenvalue weighted by atomic mass is 19.1. The van der Waals surface area contributed by atoms with E-state index in [1.54, 1.807) is 30.3 Å². The molecular weight excluding hydrogens is 371 g/mol. The van der Waals surface area contributed by atoms with Crippen molar-refractivity contribution in [3.05, 3.63) is 89.5 Å². The van der Waals surface area contributed by atoms with Gasteiger partial charge in [0.1, 0.15) is 5.82 Å².